The largest absolute Gasteiger partial charge is 0.326 e. The van der Waals surface area contributed by atoms with E-state index < -0.39 is 0 Å². The lowest BCUT2D eigenvalue weighted by Crippen LogP contribution is -2.45. The highest BCUT2D eigenvalue weighted by Crippen LogP contribution is 2.29. The van der Waals surface area contributed by atoms with Crippen molar-refractivity contribution >= 4 is 5.65 Å². The fourth-order valence-corrected chi connectivity index (χ4v) is 2.96. The van der Waals surface area contributed by atoms with E-state index in [-0.39, 0.29) is 12.1 Å². The van der Waals surface area contributed by atoms with Crippen LogP contribution < -0.4 is 5.73 Å². The van der Waals surface area contributed by atoms with E-state index in [1.165, 1.54) is 6.42 Å². The number of nitrogens with two attached hydrogens (primary N) is 1. The summed E-state index contributed by atoms with van der Waals surface area (Å²) in [4.78, 5) is 7.17. The van der Waals surface area contributed by atoms with Crippen molar-refractivity contribution in [3.05, 3.63) is 36.3 Å². The Labute approximate surface area is 107 Å². The van der Waals surface area contributed by atoms with E-state index in [1.807, 2.05) is 24.4 Å². The monoisotopic (exact) mass is 244 g/mol. The van der Waals surface area contributed by atoms with E-state index in [0.717, 1.165) is 30.9 Å². The van der Waals surface area contributed by atoms with Crippen molar-refractivity contribution in [3.8, 4) is 0 Å². The van der Waals surface area contributed by atoms with Gasteiger partial charge in [-0.2, -0.15) is 0 Å². The molecule has 2 aromatic rings. The van der Waals surface area contributed by atoms with Crippen LogP contribution in [0.15, 0.2) is 30.6 Å². The SMILES string of the molecule is CCN1CCCC(N)C1c1cn2ccccc2n1. The third-order valence-corrected chi connectivity index (χ3v) is 3.87. The van der Waals surface area contributed by atoms with Gasteiger partial charge in [0.1, 0.15) is 5.65 Å². The second-order valence-electron chi connectivity index (χ2n) is 5.01. The fraction of sp³-hybridized carbons (Fsp3) is 0.500. The number of piperidine rings is 1. The molecular weight excluding hydrogens is 224 g/mol. The lowest BCUT2D eigenvalue weighted by Gasteiger charge is -2.38. The predicted molar refractivity (Wildman–Crippen MR) is 72.4 cm³/mol. The Morgan fingerprint density at radius 3 is 3.11 bits per heavy atom. The van der Waals surface area contributed by atoms with Gasteiger partial charge in [-0.1, -0.05) is 13.0 Å². The van der Waals surface area contributed by atoms with Gasteiger partial charge in [0.15, 0.2) is 0 Å². The molecule has 4 nitrogen and oxygen atoms in total. The summed E-state index contributed by atoms with van der Waals surface area (Å²) in [6.07, 6.45) is 6.44. The van der Waals surface area contributed by atoms with E-state index >= 15 is 0 Å². The number of fused-ring (bicyclic) bond motifs is 1. The highest BCUT2D eigenvalue weighted by atomic mass is 15.2. The molecule has 0 amide bonds. The Balaban J connectivity index is 2.00. The molecule has 1 aliphatic heterocycles. The molecule has 1 saturated heterocycles. The fourth-order valence-electron chi connectivity index (χ4n) is 2.96. The topological polar surface area (TPSA) is 46.6 Å². The normalized spacial score (nSPS) is 25.7. The summed E-state index contributed by atoms with van der Waals surface area (Å²) < 4.78 is 2.07. The zero-order valence-electron chi connectivity index (χ0n) is 10.8. The average molecular weight is 244 g/mol. The number of aromatic nitrogens is 2. The molecule has 3 heterocycles. The van der Waals surface area contributed by atoms with Gasteiger partial charge in [-0.05, 0) is 38.1 Å². The molecule has 0 aromatic carbocycles. The first-order valence-corrected chi connectivity index (χ1v) is 6.73. The van der Waals surface area contributed by atoms with Crippen LogP contribution in [-0.4, -0.2) is 33.4 Å². The Morgan fingerprint density at radius 1 is 1.44 bits per heavy atom. The number of hydrogen-bond donors (Lipinski definition) is 1. The molecule has 4 heteroatoms. The van der Waals surface area contributed by atoms with Crippen molar-refractivity contribution in [1.82, 2.24) is 14.3 Å². The van der Waals surface area contributed by atoms with Crippen LogP contribution in [0.2, 0.25) is 0 Å². The highest BCUT2D eigenvalue weighted by molar-refractivity contribution is 5.40. The number of imidazole rings is 1. The summed E-state index contributed by atoms with van der Waals surface area (Å²) >= 11 is 0. The molecule has 2 N–H and O–H groups in total. The minimum atomic E-state index is 0.198. The molecule has 96 valence electrons. The van der Waals surface area contributed by atoms with Crippen molar-refractivity contribution in [1.29, 1.82) is 0 Å². The Morgan fingerprint density at radius 2 is 2.33 bits per heavy atom. The third kappa shape index (κ3) is 1.91. The molecule has 2 unspecified atom stereocenters. The van der Waals surface area contributed by atoms with Crippen molar-refractivity contribution in [2.45, 2.75) is 31.8 Å². The van der Waals surface area contributed by atoms with E-state index in [2.05, 4.69) is 22.4 Å². The molecule has 2 aromatic heterocycles. The number of rotatable bonds is 2. The van der Waals surface area contributed by atoms with Crippen LogP contribution in [0.1, 0.15) is 31.5 Å². The zero-order valence-corrected chi connectivity index (χ0v) is 10.8. The maximum Gasteiger partial charge on any atom is 0.137 e. The van der Waals surface area contributed by atoms with E-state index in [9.17, 15) is 0 Å². The van der Waals surface area contributed by atoms with Gasteiger partial charge in [0, 0.05) is 18.4 Å². The third-order valence-electron chi connectivity index (χ3n) is 3.87. The van der Waals surface area contributed by atoms with Gasteiger partial charge < -0.3 is 10.1 Å². The molecule has 1 aliphatic rings. The van der Waals surface area contributed by atoms with Crippen molar-refractivity contribution in [2.24, 2.45) is 5.73 Å². The van der Waals surface area contributed by atoms with Crippen LogP contribution in [-0.2, 0) is 0 Å². The summed E-state index contributed by atoms with van der Waals surface area (Å²) in [5.41, 5.74) is 8.42. The molecule has 0 aliphatic carbocycles. The van der Waals surface area contributed by atoms with Gasteiger partial charge >= 0.3 is 0 Å². The van der Waals surface area contributed by atoms with Gasteiger partial charge in [0.05, 0.1) is 11.7 Å². The van der Waals surface area contributed by atoms with Crippen molar-refractivity contribution in [2.75, 3.05) is 13.1 Å². The second-order valence-corrected chi connectivity index (χ2v) is 5.01. The quantitative estimate of drug-likeness (QED) is 0.876. The van der Waals surface area contributed by atoms with E-state index in [4.69, 9.17) is 10.7 Å². The Bertz CT molecular complexity index is 500. The van der Waals surface area contributed by atoms with Gasteiger partial charge in [-0.15, -0.1) is 0 Å². The van der Waals surface area contributed by atoms with Gasteiger partial charge in [0.2, 0.25) is 0 Å². The molecule has 18 heavy (non-hydrogen) atoms. The van der Waals surface area contributed by atoms with Crippen LogP contribution in [0.3, 0.4) is 0 Å². The number of hydrogen-bond acceptors (Lipinski definition) is 3. The molecule has 0 spiro atoms. The Kier molecular flexibility index (Phi) is 3.06. The van der Waals surface area contributed by atoms with E-state index in [1.54, 1.807) is 0 Å². The number of likely N-dealkylation sites (N-methyl/N-ethyl adjacent to an activating group) is 1. The molecule has 0 bridgehead atoms. The van der Waals surface area contributed by atoms with E-state index in [0.29, 0.717) is 0 Å². The lowest BCUT2D eigenvalue weighted by molar-refractivity contribution is 0.133. The average Bonchev–Trinajstić information content (AvgIpc) is 2.81. The second kappa shape index (κ2) is 4.71. The van der Waals surface area contributed by atoms with Crippen LogP contribution >= 0.6 is 0 Å². The smallest absolute Gasteiger partial charge is 0.137 e. The first kappa shape index (κ1) is 11.7. The molecule has 0 radical (unpaired) electrons. The van der Waals surface area contributed by atoms with Crippen LogP contribution in [0.25, 0.3) is 5.65 Å². The van der Waals surface area contributed by atoms with Gasteiger partial charge in [-0.3, -0.25) is 4.90 Å². The number of pyridine rings is 1. The zero-order chi connectivity index (χ0) is 12.5. The molecule has 1 fully saturated rings. The summed E-state index contributed by atoms with van der Waals surface area (Å²) in [5.74, 6) is 0. The first-order valence-electron chi connectivity index (χ1n) is 6.73. The van der Waals surface area contributed by atoms with Crippen LogP contribution in [0, 0.1) is 0 Å². The standard InChI is InChI=1S/C14H20N4/c1-2-17-9-5-6-11(15)14(17)12-10-18-8-4-3-7-13(18)16-12/h3-4,7-8,10-11,14H,2,5-6,9,15H2,1H3. The molecule has 2 atom stereocenters. The minimum Gasteiger partial charge on any atom is -0.326 e. The van der Waals surface area contributed by atoms with Crippen molar-refractivity contribution in [3.63, 3.8) is 0 Å². The Hall–Kier alpha value is -1.39. The minimum absolute atomic E-state index is 0.198. The first-order chi connectivity index (χ1) is 8.79. The summed E-state index contributed by atoms with van der Waals surface area (Å²) in [7, 11) is 0. The van der Waals surface area contributed by atoms with Crippen molar-refractivity contribution < 1.29 is 0 Å². The lowest BCUT2D eigenvalue weighted by atomic mass is 9.95. The highest BCUT2D eigenvalue weighted by Gasteiger charge is 2.31. The summed E-state index contributed by atoms with van der Waals surface area (Å²) in [5, 5.41) is 0. The maximum atomic E-state index is 6.31. The summed E-state index contributed by atoms with van der Waals surface area (Å²) in [6, 6.07) is 6.54. The van der Waals surface area contributed by atoms with Crippen LogP contribution in [0.4, 0.5) is 0 Å². The predicted octanol–water partition coefficient (Wildman–Crippen LogP) is 1.82. The molecular formula is C14H20N4. The number of likely N-dealkylation sites (tertiary alicyclic amines) is 1. The molecule has 3 rings (SSSR count). The number of nitrogens with zero attached hydrogens (tertiary/aromatic N) is 3. The van der Waals surface area contributed by atoms with Crippen LogP contribution in [0.5, 0.6) is 0 Å². The summed E-state index contributed by atoms with van der Waals surface area (Å²) in [6.45, 7) is 4.36. The van der Waals surface area contributed by atoms with Gasteiger partial charge in [0.25, 0.3) is 0 Å². The molecule has 0 saturated carbocycles. The van der Waals surface area contributed by atoms with Gasteiger partial charge in [-0.25, -0.2) is 4.98 Å². The maximum absolute atomic E-state index is 6.31.